The Morgan fingerprint density at radius 1 is 1.00 bits per heavy atom. The van der Waals surface area contributed by atoms with Crippen molar-refractivity contribution in [2.75, 3.05) is 20.2 Å². The van der Waals surface area contributed by atoms with Gasteiger partial charge in [0.15, 0.2) is 17.2 Å². The molecule has 1 atom stereocenters. The fourth-order valence-electron chi connectivity index (χ4n) is 3.93. The van der Waals surface area contributed by atoms with Crippen molar-refractivity contribution in [3.63, 3.8) is 0 Å². The van der Waals surface area contributed by atoms with Gasteiger partial charge in [0.25, 0.3) is 5.92 Å². The van der Waals surface area contributed by atoms with Crippen LogP contribution >= 0.6 is 0 Å². The van der Waals surface area contributed by atoms with Crippen LogP contribution < -0.4 is 4.74 Å². The molecule has 1 saturated heterocycles. The van der Waals surface area contributed by atoms with Gasteiger partial charge >= 0.3 is 0 Å². The number of likely N-dealkylation sites (tertiary alicyclic amines) is 1. The van der Waals surface area contributed by atoms with E-state index in [0.29, 0.717) is 0 Å². The van der Waals surface area contributed by atoms with Crippen LogP contribution in [0.1, 0.15) is 22.7 Å². The summed E-state index contributed by atoms with van der Waals surface area (Å²) in [7, 11) is 1.29. The van der Waals surface area contributed by atoms with Crippen LogP contribution in [0.5, 0.6) is 5.75 Å². The quantitative estimate of drug-likeness (QED) is 0.553. The zero-order valence-electron chi connectivity index (χ0n) is 16.1. The largest absolute Gasteiger partial charge is 0.494 e. The van der Waals surface area contributed by atoms with Gasteiger partial charge in [-0.15, -0.1) is 0 Å². The van der Waals surface area contributed by atoms with Gasteiger partial charge in [-0.1, -0.05) is 24.3 Å². The zero-order chi connectivity index (χ0) is 21.4. The van der Waals surface area contributed by atoms with Crippen molar-refractivity contribution < 1.29 is 22.3 Å². The summed E-state index contributed by atoms with van der Waals surface area (Å²) in [5.74, 6) is -3.86. The van der Waals surface area contributed by atoms with Crippen molar-refractivity contribution in [3.05, 3.63) is 89.8 Å². The Morgan fingerprint density at radius 3 is 2.07 bits per heavy atom. The molecule has 156 valence electrons. The third-order valence-electron chi connectivity index (χ3n) is 5.28. The van der Waals surface area contributed by atoms with Crippen LogP contribution in [0.4, 0.5) is 17.6 Å². The Balaban J connectivity index is 1.96. The predicted octanol–water partition coefficient (Wildman–Crippen LogP) is 4.53. The number of hydrogen-bond donors (Lipinski definition) is 0. The van der Waals surface area contributed by atoms with Gasteiger partial charge in [0, 0.05) is 41.5 Å². The first-order chi connectivity index (χ1) is 14.4. The Bertz CT molecular complexity index is 970. The van der Waals surface area contributed by atoms with Gasteiger partial charge in [-0.05, 0) is 18.2 Å². The van der Waals surface area contributed by atoms with Crippen molar-refractivity contribution >= 4 is 0 Å². The number of halogens is 4. The van der Waals surface area contributed by atoms with Crippen molar-refractivity contribution in [2.45, 2.75) is 17.6 Å². The lowest BCUT2D eigenvalue weighted by atomic mass is 9.77. The highest BCUT2D eigenvalue weighted by Crippen LogP contribution is 2.51. The lowest BCUT2D eigenvalue weighted by molar-refractivity contribution is -0.165. The Kier molecular flexibility index (Phi) is 5.19. The standard InChI is InChI=1S/C22H19F4N3O/c1-30-18-8-2-7-17(19(18)23)20(29-13-21(24,25)14-29)22(26,15-5-3-9-27-11-15)16-6-4-10-28-12-16/h2-12,20H,13-14H2,1H3. The molecule has 0 amide bonds. The molecular formula is C22H19F4N3O. The highest BCUT2D eigenvalue weighted by Gasteiger charge is 2.56. The summed E-state index contributed by atoms with van der Waals surface area (Å²) in [5.41, 5.74) is -2.26. The van der Waals surface area contributed by atoms with E-state index in [2.05, 4.69) is 9.97 Å². The highest BCUT2D eigenvalue weighted by atomic mass is 19.3. The summed E-state index contributed by atoms with van der Waals surface area (Å²) in [6.45, 7) is -1.39. The minimum Gasteiger partial charge on any atom is -0.494 e. The van der Waals surface area contributed by atoms with Crippen LogP contribution in [0.15, 0.2) is 67.3 Å². The van der Waals surface area contributed by atoms with Crippen molar-refractivity contribution in [2.24, 2.45) is 0 Å². The molecule has 8 heteroatoms. The topological polar surface area (TPSA) is 38.2 Å². The Hall–Kier alpha value is -3.00. The second-order valence-corrected chi connectivity index (χ2v) is 7.22. The SMILES string of the molecule is COc1cccc(C(N2CC(F)(F)C2)C(F)(c2cccnc2)c2cccnc2)c1F. The first-order valence-electron chi connectivity index (χ1n) is 9.31. The van der Waals surface area contributed by atoms with Gasteiger partial charge in [0.05, 0.1) is 26.2 Å². The molecule has 0 aliphatic carbocycles. The molecule has 2 aromatic heterocycles. The Morgan fingerprint density at radius 2 is 1.60 bits per heavy atom. The van der Waals surface area contributed by atoms with E-state index in [1.165, 1.54) is 67.1 Å². The molecule has 0 N–H and O–H groups in total. The van der Waals surface area contributed by atoms with E-state index in [0.717, 1.165) is 0 Å². The molecule has 4 rings (SSSR count). The minimum absolute atomic E-state index is 0.0833. The lowest BCUT2D eigenvalue weighted by Crippen LogP contribution is -2.60. The molecule has 1 fully saturated rings. The molecule has 30 heavy (non-hydrogen) atoms. The molecule has 0 radical (unpaired) electrons. The number of aromatic nitrogens is 2. The second kappa shape index (κ2) is 7.68. The summed E-state index contributed by atoms with van der Waals surface area (Å²) in [6.07, 6.45) is 5.59. The molecule has 1 aliphatic heterocycles. The van der Waals surface area contributed by atoms with Crippen molar-refractivity contribution in [1.82, 2.24) is 14.9 Å². The molecular weight excluding hydrogens is 398 g/mol. The number of hydrogen-bond acceptors (Lipinski definition) is 4. The van der Waals surface area contributed by atoms with Crippen LogP contribution in [0.2, 0.25) is 0 Å². The number of ether oxygens (including phenoxy) is 1. The summed E-state index contributed by atoms with van der Waals surface area (Å²) in [6, 6.07) is 9.00. The molecule has 0 spiro atoms. The van der Waals surface area contributed by atoms with Crippen LogP contribution in [0.3, 0.4) is 0 Å². The van der Waals surface area contributed by atoms with E-state index < -0.39 is 36.5 Å². The fourth-order valence-corrected chi connectivity index (χ4v) is 3.93. The van der Waals surface area contributed by atoms with E-state index >= 15 is 8.78 Å². The number of methoxy groups -OCH3 is 1. The molecule has 1 aliphatic rings. The monoisotopic (exact) mass is 417 g/mol. The van der Waals surface area contributed by atoms with Crippen LogP contribution in [0.25, 0.3) is 0 Å². The number of alkyl halides is 3. The van der Waals surface area contributed by atoms with Gasteiger partial charge in [0.1, 0.15) is 0 Å². The van der Waals surface area contributed by atoms with Gasteiger partial charge in [-0.2, -0.15) is 0 Å². The fraction of sp³-hybridized carbons (Fsp3) is 0.273. The number of pyridine rings is 2. The number of benzene rings is 1. The molecule has 1 unspecified atom stereocenters. The van der Waals surface area contributed by atoms with Crippen LogP contribution in [0, 0.1) is 5.82 Å². The average molecular weight is 417 g/mol. The maximum absolute atomic E-state index is 17.2. The van der Waals surface area contributed by atoms with E-state index in [9.17, 15) is 8.78 Å². The predicted molar refractivity (Wildman–Crippen MR) is 103 cm³/mol. The van der Waals surface area contributed by atoms with Crippen LogP contribution in [-0.2, 0) is 5.67 Å². The maximum Gasteiger partial charge on any atom is 0.272 e. The molecule has 4 nitrogen and oxygen atoms in total. The van der Waals surface area contributed by atoms with E-state index in [4.69, 9.17) is 4.74 Å². The zero-order valence-corrected chi connectivity index (χ0v) is 16.1. The third kappa shape index (κ3) is 3.41. The third-order valence-corrected chi connectivity index (χ3v) is 5.28. The summed E-state index contributed by atoms with van der Waals surface area (Å²) in [5, 5.41) is 0. The smallest absolute Gasteiger partial charge is 0.272 e. The lowest BCUT2D eigenvalue weighted by Gasteiger charge is -2.49. The molecule has 3 heterocycles. The second-order valence-electron chi connectivity index (χ2n) is 7.22. The molecule has 3 aromatic rings. The number of nitrogens with zero attached hydrogens (tertiary/aromatic N) is 3. The maximum atomic E-state index is 17.2. The van der Waals surface area contributed by atoms with Gasteiger partial charge in [0.2, 0.25) is 0 Å². The Labute approximate surface area is 171 Å². The van der Waals surface area contributed by atoms with Crippen molar-refractivity contribution in [3.8, 4) is 5.75 Å². The van der Waals surface area contributed by atoms with E-state index in [1.807, 2.05) is 0 Å². The minimum atomic E-state index is -2.97. The number of rotatable bonds is 6. The molecule has 0 saturated carbocycles. The first kappa shape index (κ1) is 20.3. The van der Waals surface area contributed by atoms with Gasteiger partial charge in [-0.3, -0.25) is 14.9 Å². The average Bonchev–Trinajstić information content (AvgIpc) is 2.75. The molecule has 1 aromatic carbocycles. The normalized spacial score (nSPS) is 17.2. The van der Waals surface area contributed by atoms with Crippen molar-refractivity contribution in [1.29, 1.82) is 0 Å². The molecule has 0 bridgehead atoms. The van der Waals surface area contributed by atoms with Gasteiger partial charge < -0.3 is 4.74 Å². The first-order valence-corrected chi connectivity index (χ1v) is 9.31. The summed E-state index contributed by atoms with van der Waals surface area (Å²) >= 11 is 0. The van der Waals surface area contributed by atoms with E-state index in [-0.39, 0.29) is 22.4 Å². The van der Waals surface area contributed by atoms with Crippen LogP contribution in [-0.4, -0.2) is 41.0 Å². The van der Waals surface area contributed by atoms with E-state index in [1.54, 1.807) is 12.1 Å². The summed E-state index contributed by atoms with van der Waals surface area (Å²) < 4.78 is 65.1. The summed E-state index contributed by atoms with van der Waals surface area (Å²) in [4.78, 5) is 9.22. The highest BCUT2D eigenvalue weighted by molar-refractivity contribution is 5.43. The van der Waals surface area contributed by atoms with Gasteiger partial charge in [-0.25, -0.2) is 17.6 Å².